The fourth-order valence-electron chi connectivity index (χ4n) is 4.15. The van der Waals surface area contributed by atoms with Gasteiger partial charge in [0, 0.05) is 20.1 Å². The van der Waals surface area contributed by atoms with Crippen molar-refractivity contribution in [2.75, 3.05) is 20.0 Å². The lowest BCUT2D eigenvalue weighted by molar-refractivity contribution is 0.408. The van der Waals surface area contributed by atoms with Crippen molar-refractivity contribution in [3.8, 4) is 23.5 Å². The molecule has 0 saturated heterocycles. The highest BCUT2D eigenvalue weighted by Gasteiger charge is 2.37. The van der Waals surface area contributed by atoms with Crippen LogP contribution in [0.15, 0.2) is 59.0 Å². The van der Waals surface area contributed by atoms with Gasteiger partial charge in [0.05, 0.1) is 20.1 Å². The van der Waals surface area contributed by atoms with Crippen LogP contribution in [0, 0.1) is 11.3 Å². The molecule has 4 aromatic rings. The molecule has 2 N–H and O–H groups in total. The minimum atomic E-state index is -0.748. The molecular weight excluding hydrogens is 584 g/mol. The topological polar surface area (TPSA) is 129 Å². The summed E-state index contributed by atoms with van der Waals surface area (Å²) in [4.78, 5) is 17.4. The lowest BCUT2D eigenvalue weighted by Crippen LogP contribution is -2.35. The Hall–Kier alpha value is -3.75. The lowest BCUT2D eigenvalue weighted by atomic mass is 9.87. The molecule has 0 radical (unpaired) electrons. The van der Waals surface area contributed by atoms with E-state index in [9.17, 15) is 10.1 Å². The molecule has 0 unspecified atom stereocenters. The zero-order valence-electron chi connectivity index (χ0n) is 18.3. The quantitative estimate of drug-likeness (QED) is 0.379. The summed E-state index contributed by atoms with van der Waals surface area (Å²) >= 11 is 6.90. The third-order valence-electron chi connectivity index (χ3n) is 5.60. The van der Waals surface area contributed by atoms with Gasteiger partial charge in [-0.2, -0.15) is 10.2 Å². The van der Waals surface area contributed by atoms with Gasteiger partial charge in [0.15, 0.2) is 0 Å². The number of nitrogens with zero attached hydrogens (tertiary/aromatic N) is 3. The second-order valence-electron chi connectivity index (χ2n) is 7.53. The average molecular weight is 600 g/mol. The minimum Gasteiger partial charge on any atom is -0.496 e. The zero-order valence-corrected chi connectivity index (χ0v) is 21.5. The van der Waals surface area contributed by atoms with Gasteiger partial charge in [0.1, 0.15) is 34.2 Å². The maximum absolute atomic E-state index is 13.1. The molecule has 9 nitrogen and oxygen atoms in total. The summed E-state index contributed by atoms with van der Waals surface area (Å²) in [5.41, 5.74) is 7.04. The van der Waals surface area contributed by atoms with Crippen LogP contribution in [0.3, 0.4) is 0 Å². The minimum absolute atomic E-state index is 0.0217. The molecule has 0 spiro atoms. The summed E-state index contributed by atoms with van der Waals surface area (Å²) in [6.45, 7) is 0. The number of hydrogen-bond donors (Lipinski definition) is 1. The van der Waals surface area contributed by atoms with Crippen molar-refractivity contribution in [3.05, 3.63) is 83.5 Å². The molecule has 2 aromatic heterocycles. The van der Waals surface area contributed by atoms with Crippen molar-refractivity contribution >= 4 is 49.5 Å². The Morgan fingerprint density at radius 2 is 1.80 bits per heavy atom. The predicted octanol–water partition coefficient (Wildman–Crippen LogP) is 3.19. The normalized spacial score (nSPS) is 14.9. The Bertz CT molecular complexity index is 1710. The molecule has 1 aliphatic rings. The second-order valence-corrected chi connectivity index (χ2v) is 9.36. The van der Waals surface area contributed by atoms with E-state index in [2.05, 4.69) is 42.9 Å². The van der Waals surface area contributed by atoms with Crippen LogP contribution in [0.1, 0.15) is 22.7 Å². The van der Waals surface area contributed by atoms with Crippen LogP contribution in [-0.2, 0) is 0 Å². The molecule has 1 aliphatic heterocycles. The van der Waals surface area contributed by atoms with Gasteiger partial charge in [0.25, 0.3) is 6.01 Å². The summed E-state index contributed by atoms with van der Waals surface area (Å²) in [6.07, 6.45) is 1.59. The smallest absolute Gasteiger partial charge is 0.362 e. The third-order valence-corrected chi connectivity index (χ3v) is 6.58. The fourth-order valence-corrected chi connectivity index (χ4v) is 4.90. The molecule has 11 heteroatoms. The van der Waals surface area contributed by atoms with Crippen molar-refractivity contribution in [1.29, 1.82) is 5.26 Å². The van der Waals surface area contributed by atoms with Gasteiger partial charge < -0.3 is 24.0 Å². The van der Waals surface area contributed by atoms with Crippen molar-refractivity contribution in [3.63, 3.8) is 0 Å². The Kier molecular flexibility index (Phi) is 5.78. The number of methoxy groups -OCH3 is 2. The number of nitrogen functional groups attached to an aromatic ring is 1. The largest absolute Gasteiger partial charge is 0.496 e. The number of nitrogens with two attached hydrogens (primary N) is 1. The van der Waals surface area contributed by atoms with E-state index in [1.165, 1.54) is 18.8 Å². The van der Waals surface area contributed by atoms with Crippen LogP contribution in [0.5, 0.6) is 11.5 Å². The Morgan fingerprint density at radius 3 is 2.49 bits per heavy atom. The second kappa shape index (κ2) is 8.79. The monoisotopic (exact) mass is 598 g/mol. The number of oxazole rings is 2. The Balaban J connectivity index is 1.90. The standard InChI is InChI=1S/C24H16Br2N4O5/c1-32-17-5-3-12(25)7-11(17)8-16-23(31)34-21-15(10-27)19(14-9-13(26)4-6-18(14)33-2)20-22(30(16)21)35-24(28)29-20/h3-9,19H,1-2H3,(H2,28,29)/b16-8+/t19-/m1/s1. The number of anilines is 1. The number of fused-ring (bicyclic) bond motifs is 3. The molecule has 0 aliphatic carbocycles. The first-order valence-corrected chi connectivity index (χ1v) is 11.8. The van der Waals surface area contributed by atoms with Gasteiger partial charge in [-0.1, -0.05) is 31.9 Å². The molecule has 176 valence electrons. The summed E-state index contributed by atoms with van der Waals surface area (Å²) in [5.74, 6) is 0.487. The van der Waals surface area contributed by atoms with Gasteiger partial charge in [0.2, 0.25) is 11.4 Å². The Morgan fingerprint density at radius 1 is 1.11 bits per heavy atom. The van der Waals surface area contributed by atoms with E-state index in [1.54, 1.807) is 24.3 Å². The van der Waals surface area contributed by atoms with Crippen LogP contribution in [-0.4, -0.2) is 23.8 Å². The van der Waals surface area contributed by atoms with E-state index in [1.807, 2.05) is 18.2 Å². The molecular formula is C24H16Br2N4O5. The fraction of sp³-hybridized carbons (Fsp3) is 0.125. The van der Waals surface area contributed by atoms with E-state index in [4.69, 9.17) is 24.0 Å². The third kappa shape index (κ3) is 3.75. The SMILES string of the molecule is COc1ccc(Br)cc1/C=c1\c(=O)oc2n1-c1oc(N)nc1[C@H](c1cc(Br)ccc1OC)C=2C#N. The van der Waals surface area contributed by atoms with E-state index >= 15 is 0 Å². The highest BCUT2D eigenvalue weighted by Crippen LogP contribution is 2.42. The number of aromatic nitrogens is 2. The molecule has 2 aromatic carbocycles. The van der Waals surface area contributed by atoms with Crippen LogP contribution in [0.4, 0.5) is 6.01 Å². The summed E-state index contributed by atoms with van der Waals surface area (Å²) < 4.78 is 25.3. The zero-order chi connectivity index (χ0) is 24.9. The van der Waals surface area contributed by atoms with Gasteiger partial charge >= 0.3 is 5.63 Å². The molecule has 3 heterocycles. The highest BCUT2D eigenvalue weighted by atomic mass is 79.9. The first-order chi connectivity index (χ1) is 16.9. The maximum atomic E-state index is 13.1. The summed E-state index contributed by atoms with van der Waals surface area (Å²) in [5, 5.41) is 10.3. The van der Waals surface area contributed by atoms with Crippen molar-refractivity contribution in [2.24, 2.45) is 0 Å². The number of benzene rings is 2. The summed E-state index contributed by atoms with van der Waals surface area (Å²) in [6, 6.07) is 12.8. The molecule has 0 amide bonds. The van der Waals surface area contributed by atoms with E-state index in [0.717, 1.165) is 8.95 Å². The van der Waals surface area contributed by atoms with E-state index in [0.29, 0.717) is 28.3 Å². The van der Waals surface area contributed by atoms with E-state index in [-0.39, 0.29) is 28.4 Å². The number of halogens is 2. The number of nitriles is 1. The molecule has 0 bridgehead atoms. The molecule has 0 saturated carbocycles. The lowest BCUT2D eigenvalue weighted by Gasteiger charge is -2.21. The van der Waals surface area contributed by atoms with Gasteiger partial charge in [-0.05, 0) is 42.5 Å². The van der Waals surface area contributed by atoms with Gasteiger partial charge in [-0.25, -0.2) is 9.36 Å². The van der Waals surface area contributed by atoms with Crippen LogP contribution in [0.2, 0.25) is 0 Å². The predicted molar refractivity (Wildman–Crippen MR) is 134 cm³/mol. The number of ether oxygens (including phenoxy) is 2. The molecule has 35 heavy (non-hydrogen) atoms. The maximum Gasteiger partial charge on any atom is 0.362 e. The number of hydrogen-bond acceptors (Lipinski definition) is 8. The van der Waals surface area contributed by atoms with Crippen molar-refractivity contribution in [1.82, 2.24) is 9.55 Å². The molecule has 0 fully saturated rings. The van der Waals surface area contributed by atoms with Gasteiger partial charge in [-0.15, -0.1) is 0 Å². The van der Waals surface area contributed by atoms with Crippen LogP contribution >= 0.6 is 31.9 Å². The number of rotatable bonds is 4. The highest BCUT2D eigenvalue weighted by molar-refractivity contribution is 9.10. The summed E-state index contributed by atoms with van der Waals surface area (Å²) in [7, 11) is 3.06. The average Bonchev–Trinajstić information content (AvgIpc) is 3.37. The molecule has 1 atom stereocenters. The van der Waals surface area contributed by atoms with Crippen LogP contribution < -0.4 is 31.7 Å². The van der Waals surface area contributed by atoms with Crippen molar-refractivity contribution < 1.29 is 18.3 Å². The van der Waals surface area contributed by atoms with E-state index < -0.39 is 11.5 Å². The van der Waals surface area contributed by atoms with Gasteiger partial charge in [-0.3, -0.25) is 0 Å². The first kappa shape index (κ1) is 23.0. The van der Waals surface area contributed by atoms with Crippen molar-refractivity contribution in [2.45, 2.75) is 5.92 Å². The Labute approximate surface area is 215 Å². The van der Waals surface area contributed by atoms with Crippen LogP contribution in [0.25, 0.3) is 17.5 Å². The molecule has 5 rings (SSSR count). The first-order valence-electron chi connectivity index (χ1n) is 10.2.